The first-order valence-electron chi connectivity index (χ1n) is 4.52. The Morgan fingerprint density at radius 1 is 1.38 bits per heavy atom. The topological polar surface area (TPSA) is 38.3 Å². The molecule has 0 atom stereocenters. The van der Waals surface area contributed by atoms with Crippen LogP contribution in [0.2, 0.25) is 10.0 Å². The monoisotopic (exact) mass is 325 g/mol. The van der Waals surface area contributed by atoms with Crippen molar-refractivity contribution < 1.29 is 9.53 Å². The average Bonchev–Trinajstić information content (AvgIpc) is 2.09. The minimum absolute atomic E-state index is 0.201. The molecule has 0 spiro atoms. The van der Waals surface area contributed by atoms with E-state index in [4.69, 9.17) is 27.9 Å². The molecule has 1 aromatic rings. The average molecular weight is 327 g/mol. The molecular formula is C10H10BrCl2NO2. The molecular weight excluding hydrogens is 317 g/mol. The van der Waals surface area contributed by atoms with Crippen LogP contribution >= 0.6 is 39.1 Å². The second-order valence-electron chi connectivity index (χ2n) is 3.32. The van der Waals surface area contributed by atoms with Crippen LogP contribution in [0.3, 0.4) is 0 Å². The van der Waals surface area contributed by atoms with Gasteiger partial charge in [0.15, 0.2) is 0 Å². The van der Waals surface area contributed by atoms with Gasteiger partial charge in [-0.2, -0.15) is 0 Å². The number of amides is 1. The lowest BCUT2D eigenvalue weighted by atomic mass is 10.3. The van der Waals surface area contributed by atoms with Crippen molar-refractivity contribution in [2.75, 3.05) is 5.32 Å². The molecule has 0 aliphatic carbocycles. The first kappa shape index (κ1) is 13.6. The fourth-order valence-corrected chi connectivity index (χ4v) is 2.31. The van der Waals surface area contributed by atoms with Crippen LogP contribution in [0, 0.1) is 0 Å². The fraction of sp³-hybridized carbons (Fsp3) is 0.300. The van der Waals surface area contributed by atoms with E-state index >= 15 is 0 Å². The Labute approximate surface area is 112 Å². The Bertz CT molecular complexity index is 387. The Kier molecular flexibility index (Phi) is 4.89. The first-order chi connectivity index (χ1) is 7.40. The number of hydrogen-bond acceptors (Lipinski definition) is 2. The van der Waals surface area contributed by atoms with Crippen molar-refractivity contribution in [3.8, 4) is 0 Å². The molecule has 0 aliphatic rings. The van der Waals surface area contributed by atoms with E-state index in [1.54, 1.807) is 26.0 Å². The van der Waals surface area contributed by atoms with E-state index in [1.165, 1.54) is 0 Å². The number of ether oxygens (including phenoxy) is 1. The summed E-state index contributed by atoms with van der Waals surface area (Å²) in [4.78, 5) is 11.3. The summed E-state index contributed by atoms with van der Waals surface area (Å²) in [6.45, 7) is 3.51. The van der Waals surface area contributed by atoms with Crippen LogP contribution in [-0.4, -0.2) is 12.2 Å². The van der Waals surface area contributed by atoms with Crippen molar-refractivity contribution in [3.63, 3.8) is 0 Å². The van der Waals surface area contributed by atoms with E-state index in [9.17, 15) is 4.79 Å². The molecule has 0 aliphatic heterocycles. The number of nitrogens with one attached hydrogen (secondary N) is 1. The van der Waals surface area contributed by atoms with Gasteiger partial charge in [0, 0.05) is 4.47 Å². The predicted molar refractivity (Wildman–Crippen MR) is 69.4 cm³/mol. The zero-order valence-electron chi connectivity index (χ0n) is 8.68. The van der Waals surface area contributed by atoms with Gasteiger partial charge in [0.05, 0.1) is 21.8 Å². The van der Waals surface area contributed by atoms with Gasteiger partial charge < -0.3 is 4.74 Å². The van der Waals surface area contributed by atoms with Crippen LogP contribution in [0.25, 0.3) is 0 Å². The minimum atomic E-state index is -0.582. The van der Waals surface area contributed by atoms with E-state index in [0.717, 1.165) is 4.47 Å². The van der Waals surface area contributed by atoms with Gasteiger partial charge in [-0.3, -0.25) is 5.32 Å². The summed E-state index contributed by atoms with van der Waals surface area (Å²) in [7, 11) is 0. The van der Waals surface area contributed by atoms with Crippen molar-refractivity contribution in [2.24, 2.45) is 0 Å². The molecule has 3 nitrogen and oxygen atoms in total. The van der Waals surface area contributed by atoms with Crippen molar-refractivity contribution in [1.29, 1.82) is 0 Å². The van der Waals surface area contributed by atoms with Crippen LogP contribution in [0.5, 0.6) is 0 Å². The van der Waals surface area contributed by atoms with Gasteiger partial charge in [-0.15, -0.1) is 0 Å². The maximum Gasteiger partial charge on any atom is 0.411 e. The number of rotatable bonds is 2. The number of hydrogen-bond donors (Lipinski definition) is 1. The lowest BCUT2D eigenvalue weighted by Gasteiger charge is -2.12. The third kappa shape index (κ3) is 3.85. The molecule has 0 heterocycles. The molecule has 0 fully saturated rings. The van der Waals surface area contributed by atoms with Crippen LogP contribution in [-0.2, 0) is 4.74 Å². The van der Waals surface area contributed by atoms with Gasteiger partial charge in [-0.05, 0) is 26.0 Å². The highest BCUT2D eigenvalue weighted by Crippen LogP contribution is 2.33. The summed E-state index contributed by atoms with van der Waals surface area (Å²) < 4.78 is 5.66. The number of halogens is 3. The minimum Gasteiger partial charge on any atom is -0.447 e. The number of carbonyl (C=O) groups is 1. The van der Waals surface area contributed by atoms with Crippen LogP contribution in [0.1, 0.15) is 13.8 Å². The molecule has 88 valence electrons. The summed E-state index contributed by atoms with van der Waals surface area (Å²) in [5.74, 6) is 0. The molecule has 6 heteroatoms. The third-order valence-corrected chi connectivity index (χ3v) is 2.63. The molecule has 0 bridgehead atoms. The highest BCUT2D eigenvalue weighted by atomic mass is 79.9. The lowest BCUT2D eigenvalue weighted by Crippen LogP contribution is -2.18. The number of benzene rings is 1. The van der Waals surface area contributed by atoms with E-state index in [-0.39, 0.29) is 6.10 Å². The molecule has 0 radical (unpaired) electrons. The highest BCUT2D eigenvalue weighted by molar-refractivity contribution is 9.10. The first-order valence-corrected chi connectivity index (χ1v) is 6.07. The number of carbonyl (C=O) groups excluding carboxylic acids is 1. The third-order valence-electron chi connectivity index (χ3n) is 1.58. The van der Waals surface area contributed by atoms with Gasteiger partial charge in [0.25, 0.3) is 0 Å². The summed E-state index contributed by atoms with van der Waals surface area (Å²) in [5.41, 5.74) is 0.345. The summed E-state index contributed by atoms with van der Waals surface area (Å²) in [5, 5.41) is 3.19. The molecule has 1 N–H and O–H groups in total. The number of anilines is 1. The standard InChI is InChI=1S/C10H10BrCl2NO2/c1-5(2)16-10(15)14-9-7(12)3-6(11)4-8(9)13/h3-5H,1-2H3,(H,14,15). The quantitative estimate of drug-likeness (QED) is 0.854. The Hall–Kier alpha value is -0.450. The van der Waals surface area contributed by atoms with Crippen LogP contribution < -0.4 is 5.32 Å². The second-order valence-corrected chi connectivity index (χ2v) is 5.05. The van der Waals surface area contributed by atoms with E-state index < -0.39 is 6.09 Å². The predicted octanol–water partition coefficient (Wildman–Crippen LogP) is 4.71. The summed E-state index contributed by atoms with van der Waals surface area (Å²) in [6, 6.07) is 3.27. The van der Waals surface area contributed by atoms with Crippen LogP contribution in [0.4, 0.5) is 10.5 Å². The zero-order chi connectivity index (χ0) is 12.3. The fourth-order valence-electron chi connectivity index (χ4n) is 1.01. The molecule has 1 rings (SSSR count). The Morgan fingerprint density at radius 3 is 2.31 bits per heavy atom. The van der Waals surface area contributed by atoms with E-state index in [1.807, 2.05) is 0 Å². The molecule has 0 saturated heterocycles. The van der Waals surface area contributed by atoms with Gasteiger partial charge in [-0.25, -0.2) is 4.79 Å². The molecule has 1 aromatic carbocycles. The van der Waals surface area contributed by atoms with Crippen LogP contribution in [0.15, 0.2) is 16.6 Å². The van der Waals surface area contributed by atoms with Gasteiger partial charge >= 0.3 is 6.09 Å². The highest BCUT2D eigenvalue weighted by Gasteiger charge is 2.12. The van der Waals surface area contributed by atoms with Gasteiger partial charge in [0.2, 0.25) is 0 Å². The van der Waals surface area contributed by atoms with Crippen molar-refractivity contribution in [3.05, 3.63) is 26.7 Å². The molecule has 0 unspecified atom stereocenters. The molecule has 1 amide bonds. The van der Waals surface area contributed by atoms with Gasteiger partial charge in [-0.1, -0.05) is 39.1 Å². The smallest absolute Gasteiger partial charge is 0.411 e. The van der Waals surface area contributed by atoms with Crippen molar-refractivity contribution >= 4 is 50.9 Å². The zero-order valence-corrected chi connectivity index (χ0v) is 11.8. The molecule has 0 saturated carbocycles. The normalized spacial score (nSPS) is 10.4. The van der Waals surface area contributed by atoms with Crippen molar-refractivity contribution in [2.45, 2.75) is 20.0 Å². The largest absolute Gasteiger partial charge is 0.447 e. The van der Waals surface area contributed by atoms with E-state index in [0.29, 0.717) is 15.7 Å². The maximum atomic E-state index is 11.3. The molecule has 16 heavy (non-hydrogen) atoms. The Balaban J connectivity index is 2.85. The van der Waals surface area contributed by atoms with Crippen molar-refractivity contribution in [1.82, 2.24) is 0 Å². The lowest BCUT2D eigenvalue weighted by molar-refractivity contribution is 0.130. The van der Waals surface area contributed by atoms with Gasteiger partial charge in [0.1, 0.15) is 0 Å². The maximum absolute atomic E-state index is 11.3. The Morgan fingerprint density at radius 2 is 1.88 bits per heavy atom. The SMILES string of the molecule is CC(C)OC(=O)Nc1c(Cl)cc(Br)cc1Cl. The molecule has 0 aromatic heterocycles. The summed E-state index contributed by atoms with van der Waals surface area (Å²) in [6.07, 6.45) is -0.783. The van der Waals surface area contributed by atoms with E-state index in [2.05, 4.69) is 21.2 Å². The summed E-state index contributed by atoms with van der Waals surface area (Å²) >= 11 is 15.1. The second kappa shape index (κ2) is 5.75.